The maximum atomic E-state index is 11.2. The van der Waals surface area contributed by atoms with Crippen molar-refractivity contribution < 1.29 is 9.32 Å². The number of hydrogen-bond acceptors (Lipinski definition) is 4. The van der Waals surface area contributed by atoms with Gasteiger partial charge in [-0.15, -0.1) is 0 Å². The predicted octanol–water partition coefficient (Wildman–Crippen LogP) is 2.52. The van der Waals surface area contributed by atoms with Crippen LogP contribution in [0.5, 0.6) is 0 Å². The van der Waals surface area contributed by atoms with E-state index >= 15 is 0 Å². The van der Waals surface area contributed by atoms with Crippen LogP contribution < -0.4 is 5.73 Å². The molecule has 0 aliphatic carbocycles. The average Bonchev–Trinajstić information content (AvgIpc) is 3.08. The molecule has 0 bridgehead atoms. The maximum absolute atomic E-state index is 11.2. The molecule has 5 heteroatoms. The number of carbonyl (C=O) groups is 1. The Labute approximate surface area is 116 Å². The molecule has 0 saturated heterocycles. The van der Waals surface area contributed by atoms with Crippen LogP contribution in [0.2, 0.25) is 0 Å². The van der Waals surface area contributed by atoms with Crippen molar-refractivity contribution in [1.82, 2.24) is 10.1 Å². The van der Waals surface area contributed by atoms with Crippen LogP contribution in [-0.2, 0) is 0 Å². The highest BCUT2D eigenvalue weighted by Gasteiger charge is 2.07. The second-order valence-corrected chi connectivity index (χ2v) is 3.86. The number of rotatable bonds is 2. The summed E-state index contributed by atoms with van der Waals surface area (Å²) in [6.45, 7) is 0. The van der Waals surface area contributed by atoms with Crippen LogP contribution in [0.4, 0.5) is 0 Å². The van der Waals surface area contributed by atoms with Crippen LogP contribution in [0, 0.1) is 0 Å². The molecule has 0 aliphatic rings. The van der Waals surface area contributed by atoms with Gasteiger partial charge in [-0.05, 0) is 17.2 Å². The Kier molecular flexibility index (Phi) is 4.61. The Morgan fingerprint density at radius 2 is 1.70 bits per heavy atom. The largest absolute Gasteiger partial charge is 0.366 e. The summed E-state index contributed by atoms with van der Waals surface area (Å²) >= 11 is 0. The van der Waals surface area contributed by atoms with Gasteiger partial charge in [-0.25, -0.2) is 4.98 Å². The minimum Gasteiger partial charge on any atom is -0.366 e. The fourth-order valence-electron chi connectivity index (χ4n) is 1.70. The van der Waals surface area contributed by atoms with Gasteiger partial charge in [0.05, 0.1) is 0 Å². The summed E-state index contributed by atoms with van der Waals surface area (Å²) < 4.78 is 4.22. The van der Waals surface area contributed by atoms with Crippen molar-refractivity contribution in [2.75, 3.05) is 0 Å². The van der Waals surface area contributed by atoms with E-state index in [0.717, 1.165) is 11.1 Å². The van der Waals surface area contributed by atoms with Crippen molar-refractivity contribution >= 4 is 5.91 Å². The minimum absolute atomic E-state index is 0.394. The first kappa shape index (κ1) is 13.5. The lowest BCUT2D eigenvalue weighted by molar-refractivity contribution is 0.100. The van der Waals surface area contributed by atoms with Crippen LogP contribution >= 0.6 is 0 Å². The molecule has 3 rings (SSSR count). The van der Waals surface area contributed by atoms with Gasteiger partial charge in [0.25, 0.3) is 0 Å². The number of aromatic nitrogens is 2. The molecule has 2 aromatic carbocycles. The zero-order valence-corrected chi connectivity index (χ0v) is 10.6. The Morgan fingerprint density at radius 3 is 2.25 bits per heavy atom. The molecule has 0 saturated carbocycles. The number of carbonyl (C=O) groups excluding carboxylic acids is 1. The number of nitrogens with two attached hydrogens (primary N) is 1. The third-order valence-electron chi connectivity index (χ3n) is 2.56. The van der Waals surface area contributed by atoms with Gasteiger partial charge in [-0.1, -0.05) is 53.7 Å². The van der Waals surface area contributed by atoms with E-state index in [9.17, 15) is 4.79 Å². The molecule has 1 amide bonds. The van der Waals surface area contributed by atoms with E-state index in [-0.39, 0.29) is 0 Å². The fourth-order valence-corrected chi connectivity index (χ4v) is 1.70. The van der Waals surface area contributed by atoms with E-state index < -0.39 is 5.91 Å². The van der Waals surface area contributed by atoms with Gasteiger partial charge in [-0.3, -0.25) is 4.79 Å². The molecule has 0 unspecified atom stereocenters. The van der Waals surface area contributed by atoms with Gasteiger partial charge >= 0.3 is 0 Å². The molecule has 0 spiro atoms. The van der Waals surface area contributed by atoms with Crippen LogP contribution in [0.25, 0.3) is 11.1 Å². The maximum Gasteiger partial charge on any atom is 0.249 e. The van der Waals surface area contributed by atoms with E-state index in [1.165, 1.54) is 12.7 Å². The summed E-state index contributed by atoms with van der Waals surface area (Å²) in [5, 5.41) is 3.24. The zero-order chi connectivity index (χ0) is 14.2. The highest BCUT2D eigenvalue weighted by atomic mass is 16.5. The highest BCUT2D eigenvalue weighted by Crippen LogP contribution is 2.22. The molecular formula is C15H13N3O2. The van der Waals surface area contributed by atoms with Gasteiger partial charge in [0.2, 0.25) is 12.3 Å². The van der Waals surface area contributed by atoms with E-state index in [1.807, 2.05) is 48.5 Å². The van der Waals surface area contributed by atoms with E-state index in [4.69, 9.17) is 5.73 Å². The van der Waals surface area contributed by atoms with Crippen LogP contribution in [-0.4, -0.2) is 16.0 Å². The third-order valence-corrected chi connectivity index (χ3v) is 2.56. The molecule has 3 aromatic rings. The van der Waals surface area contributed by atoms with Crippen molar-refractivity contribution in [2.24, 2.45) is 5.73 Å². The van der Waals surface area contributed by atoms with Crippen molar-refractivity contribution in [1.29, 1.82) is 0 Å². The van der Waals surface area contributed by atoms with E-state index in [2.05, 4.69) is 14.7 Å². The van der Waals surface area contributed by atoms with Crippen molar-refractivity contribution in [3.05, 3.63) is 72.9 Å². The van der Waals surface area contributed by atoms with Gasteiger partial charge in [0.15, 0.2) is 6.33 Å². The molecule has 0 aliphatic heterocycles. The molecule has 100 valence electrons. The van der Waals surface area contributed by atoms with E-state index in [0.29, 0.717) is 5.56 Å². The van der Waals surface area contributed by atoms with Crippen LogP contribution in [0.3, 0.4) is 0 Å². The van der Waals surface area contributed by atoms with Crippen molar-refractivity contribution in [3.8, 4) is 11.1 Å². The Balaban J connectivity index is 0.000000247. The lowest BCUT2D eigenvalue weighted by Crippen LogP contribution is -2.12. The number of primary amides is 1. The van der Waals surface area contributed by atoms with Crippen LogP contribution in [0.1, 0.15) is 10.4 Å². The molecule has 20 heavy (non-hydrogen) atoms. The quantitative estimate of drug-likeness (QED) is 0.773. The minimum atomic E-state index is -0.394. The summed E-state index contributed by atoms with van der Waals surface area (Å²) in [4.78, 5) is 14.7. The van der Waals surface area contributed by atoms with Crippen molar-refractivity contribution in [2.45, 2.75) is 0 Å². The number of nitrogens with zero attached hydrogens (tertiary/aromatic N) is 2. The first-order valence-electron chi connectivity index (χ1n) is 5.92. The molecule has 0 atom stereocenters. The first-order chi connectivity index (χ1) is 9.79. The molecule has 0 radical (unpaired) electrons. The highest BCUT2D eigenvalue weighted by molar-refractivity contribution is 5.99. The summed E-state index contributed by atoms with van der Waals surface area (Å²) in [5.74, 6) is -0.394. The number of amides is 1. The topological polar surface area (TPSA) is 82.0 Å². The second-order valence-electron chi connectivity index (χ2n) is 3.86. The number of benzene rings is 2. The summed E-state index contributed by atoms with van der Waals surface area (Å²) in [7, 11) is 0. The monoisotopic (exact) mass is 267 g/mol. The molecular weight excluding hydrogens is 254 g/mol. The van der Waals surface area contributed by atoms with Crippen LogP contribution in [0.15, 0.2) is 71.8 Å². The zero-order valence-electron chi connectivity index (χ0n) is 10.6. The normalized spacial score (nSPS) is 9.40. The molecule has 2 N–H and O–H groups in total. The first-order valence-corrected chi connectivity index (χ1v) is 5.92. The molecule has 1 heterocycles. The number of hydrogen-bond donors (Lipinski definition) is 1. The van der Waals surface area contributed by atoms with Gasteiger partial charge in [-0.2, -0.15) is 0 Å². The van der Waals surface area contributed by atoms with E-state index in [1.54, 1.807) is 6.07 Å². The Morgan fingerprint density at radius 1 is 1.00 bits per heavy atom. The van der Waals surface area contributed by atoms with Gasteiger partial charge in [0.1, 0.15) is 0 Å². The SMILES string of the molecule is NC(=O)c1ccccc1-c1ccccc1.c1ncon1. The second kappa shape index (κ2) is 6.84. The Hall–Kier alpha value is -2.95. The predicted molar refractivity (Wildman–Crippen MR) is 74.7 cm³/mol. The molecule has 5 nitrogen and oxygen atoms in total. The lowest BCUT2D eigenvalue weighted by atomic mass is 9.99. The summed E-state index contributed by atoms with van der Waals surface area (Å²) in [6.07, 6.45) is 2.60. The summed E-state index contributed by atoms with van der Waals surface area (Å²) in [5.41, 5.74) is 7.76. The standard InChI is InChI=1S/C13H11NO.C2H2N2O/c14-13(15)12-9-5-4-8-11(12)10-6-2-1-3-7-10;1-3-2-5-4-1/h1-9H,(H2,14,15);1-2H. The Bertz CT molecular complexity index is 635. The average molecular weight is 267 g/mol. The lowest BCUT2D eigenvalue weighted by Gasteiger charge is -2.05. The molecule has 0 fully saturated rings. The fraction of sp³-hybridized carbons (Fsp3) is 0. The van der Waals surface area contributed by atoms with Gasteiger partial charge in [0, 0.05) is 5.56 Å². The molecule has 1 aromatic heterocycles. The third kappa shape index (κ3) is 3.52. The smallest absolute Gasteiger partial charge is 0.249 e. The summed E-state index contributed by atoms with van der Waals surface area (Å²) in [6, 6.07) is 17.1. The van der Waals surface area contributed by atoms with Crippen molar-refractivity contribution in [3.63, 3.8) is 0 Å². The van der Waals surface area contributed by atoms with Gasteiger partial charge < -0.3 is 10.3 Å².